The second kappa shape index (κ2) is 14.7. The molecule has 0 saturated carbocycles. The van der Waals surface area contributed by atoms with Gasteiger partial charge in [-0.05, 0) is 36.8 Å². The van der Waals surface area contributed by atoms with Gasteiger partial charge in [0.1, 0.15) is 0 Å². The van der Waals surface area contributed by atoms with E-state index in [1.165, 1.54) is 12.0 Å². The molecule has 184 valence electrons. The third-order valence-corrected chi connectivity index (χ3v) is 6.34. The number of carbonyl (C=O) groups is 4. The molecule has 0 bridgehead atoms. The maximum absolute atomic E-state index is 14.1. The maximum Gasteiger partial charge on any atom is 0.332 e. The van der Waals surface area contributed by atoms with Crippen molar-refractivity contribution in [2.24, 2.45) is 5.73 Å². The van der Waals surface area contributed by atoms with Gasteiger partial charge in [-0.1, -0.05) is 50.6 Å². The molecule has 1 unspecified atom stereocenters. The number of benzene rings is 1. The Balaban J connectivity index is 3.92. The molecule has 0 aliphatic heterocycles. The van der Waals surface area contributed by atoms with Crippen LogP contribution in [0.4, 0.5) is 0 Å². The molecule has 0 aromatic heterocycles. The summed E-state index contributed by atoms with van der Waals surface area (Å²) in [7, 11) is 1.26. The molecule has 1 aromatic carbocycles. The average molecular weight is 480 g/mol. The van der Waals surface area contributed by atoms with Crippen molar-refractivity contribution in [3.05, 3.63) is 35.9 Å². The lowest BCUT2D eigenvalue weighted by Gasteiger charge is -2.46. The Labute approximate surface area is 201 Å². The molecule has 0 heterocycles. The number of hydrogen-bond acceptors (Lipinski definition) is 7. The minimum atomic E-state index is -1.60. The fraction of sp³-hybridized carbons (Fsp3) is 0.583. The molecule has 0 spiro atoms. The van der Waals surface area contributed by atoms with Crippen LogP contribution in [0.2, 0.25) is 0 Å². The number of ether oxygens (including phenoxy) is 1. The lowest BCUT2D eigenvalue weighted by Crippen LogP contribution is -2.65. The lowest BCUT2D eigenvalue weighted by atomic mass is 9.70. The summed E-state index contributed by atoms with van der Waals surface area (Å²) in [6, 6.07) is 8.08. The Kier molecular flexibility index (Phi) is 12.8. The van der Waals surface area contributed by atoms with Crippen LogP contribution in [0, 0.1) is 0 Å². The topological polar surface area (TPSA) is 119 Å². The van der Waals surface area contributed by atoms with Crippen LogP contribution in [-0.2, 0) is 23.9 Å². The molecule has 8 nitrogen and oxygen atoms in total. The Bertz CT molecular complexity index is 777. The van der Waals surface area contributed by atoms with E-state index in [1.54, 1.807) is 36.0 Å². The fourth-order valence-electron chi connectivity index (χ4n) is 4.35. The van der Waals surface area contributed by atoms with Gasteiger partial charge in [0.05, 0.1) is 25.6 Å². The first-order valence-corrected chi connectivity index (χ1v) is 12.6. The molecule has 3 atom stereocenters. The molecule has 0 radical (unpaired) electrons. The van der Waals surface area contributed by atoms with E-state index >= 15 is 0 Å². The Morgan fingerprint density at radius 2 is 1.88 bits per heavy atom. The first-order chi connectivity index (χ1) is 15.9. The molecule has 3 N–H and O–H groups in total. The third kappa shape index (κ3) is 6.80. The van der Waals surface area contributed by atoms with Gasteiger partial charge in [0.15, 0.2) is 11.3 Å². The Morgan fingerprint density at radius 1 is 1.21 bits per heavy atom. The highest BCUT2D eigenvalue weighted by Gasteiger charge is 2.56. The van der Waals surface area contributed by atoms with Crippen molar-refractivity contribution in [3.63, 3.8) is 0 Å². The number of nitrogens with zero attached hydrogens (tertiary/aromatic N) is 1. The zero-order valence-electron chi connectivity index (χ0n) is 20.0. The summed E-state index contributed by atoms with van der Waals surface area (Å²) >= 11 is 1.55. The minimum absolute atomic E-state index is 0.201. The van der Waals surface area contributed by atoms with Crippen LogP contribution >= 0.6 is 11.8 Å². The first kappa shape index (κ1) is 28.6. The highest BCUT2D eigenvalue weighted by atomic mass is 32.2. The van der Waals surface area contributed by atoms with Crippen LogP contribution < -0.4 is 11.1 Å². The highest BCUT2D eigenvalue weighted by Crippen LogP contribution is 2.41. The number of carbonyl (C=O) groups excluding carboxylic acids is 4. The summed E-state index contributed by atoms with van der Waals surface area (Å²) in [5.41, 5.74) is 4.71. The number of esters is 1. The van der Waals surface area contributed by atoms with Crippen LogP contribution in [0.3, 0.4) is 0 Å². The van der Waals surface area contributed by atoms with Crippen molar-refractivity contribution in [2.45, 2.75) is 57.0 Å². The molecule has 9 heteroatoms. The number of nitrogens with two attached hydrogens (primary N) is 1. The van der Waals surface area contributed by atoms with Gasteiger partial charge < -0.3 is 20.7 Å². The third-order valence-electron chi connectivity index (χ3n) is 5.69. The van der Waals surface area contributed by atoms with Crippen LogP contribution in [0.25, 0.3) is 0 Å². The van der Waals surface area contributed by atoms with Crippen molar-refractivity contribution >= 4 is 35.8 Å². The molecule has 1 aromatic rings. The van der Waals surface area contributed by atoms with E-state index in [0.29, 0.717) is 37.0 Å². The first-order valence-electron chi connectivity index (χ1n) is 11.3. The van der Waals surface area contributed by atoms with E-state index in [1.807, 2.05) is 26.2 Å². The molecular formula is C24H37N3O5S. The zero-order valence-corrected chi connectivity index (χ0v) is 20.9. The number of Topliss-reactive ketones (excluding diaryl/α,β-unsaturated/α-hetero) is 1. The van der Waals surface area contributed by atoms with Crippen molar-refractivity contribution < 1.29 is 23.9 Å². The average Bonchev–Trinajstić information content (AvgIpc) is 2.84. The van der Waals surface area contributed by atoms with Gasteiger partial charge in [0.25, 0.3) is 0 Å². The second-order valence-electron chi connectivity index (χ2n) is 7.78. The fourth-order valence-corrected chi connectivity index (χ4v) is 4.82. The van der Waals surface area contributed by atoms with Crippen molar-refractivity contribution in [1.82, 2.24) is 10.2 Å². The van der Waals surface area contributed by atoms with Crippen molar-refractivity contribution in [1.29, 1.82) is 0 Å². The largest absolute Gasteiger partial charge is 0.467 e. The van der Waals surface area contributed by atoms with E-state index in [2.05, 4.69) is 5.32 Å². The predicted molar refractivity (Wildman–Crippen MR) is 131 cm³/mol. The van der Waals surface area contributed by atoms with Gasteiger partial charge in [-0.25, -0.2) is 4.79 Å². The number of nitrogens with one attached hydrogen (secondary N) is 1. The molecular weight excluding hydrogens is 442 g/mol. The molecule has 2 amide bonds. The van der Waals surface area contributed by atoms with Gasteiger partial charge >= 0.3 is 5.97 Å². The van der Waals surface area contributed by atoms with E-state index in [-0.39, 0.29) is 25.3 Å². The number of hydrogen-bond donors (Lipinski definition) is 2. The number of methoxy groups -OCH3 is 1. The van der Waals surface area contributed by atoms with E-state index in [0.717, 1.165) is 0 Å². The predicted octanol–water partition coefficient (Wildman–Crippen LogP) is 2.12. The summed E-state index contributed by atoms with van der Waals surface area (Å²) in [5, 5.41) is 2.63. The second-order valence-corrected chi connectivity index (χ2v) is 8.77. The number of thioether (sulfide) groups is 1. The van der Waals surface area contributed by atoms with Crippen molar-refractivity contribution in [3.8, 4) is 0 Å². The molecule has 0 saturated heterocycles. The lowest BCUT2D eigenvalue weighted by molar-refractivity contribution is -0.166. The quantitative estimate of drug-likeness (QED) is 0.275. The van der Waals surface area contributed by atoms with Crippen LogP contribution in [0.1, 0.15) is 51.0 Å². The highest BCUT2D eigenvalue weighted by molar-refractivity contribution is 7.98. The summed E-state index contributed by atoms with van der Waals surface area (Å²) in [6.07, 6.45) is 4.08. The Hall–Kier alpha value is -2.39. The minimum Gasteiger partial charge on any atom is -0.467 e. The van der Waals surface area contributed by atoms with Gasteiger partial charge in [-0.3, -0.25) is 14.4 Å². The van der Waals surface area contributed by atoms with Gasteiger partial charge in [-0.15, -0.1) is 0 Å². The van der Waals surface area contributed by atoms with Crippen LogP contribution in [0.15, 0.2) is 30.3 Å². The SMILES string of the molecule is CCCN(C(=O)CN)[C@](CCC)(C(=O)OC)C(C(=O)[C@H](CCSC)NC=O)c1ccccc1. The number of amides is 2. The summed E-state index contributed by atoms with van der Waals surface area (Å²) in [6.45, 7) is 3.70. The summed E-state index contributed by atoms with van der Waals surface area (Å²) in [4.78, 5) is 53.5. The summed E-state index contributed by atoms with van der Waals surface area (Å²) < 4.78 is 5.24. The molecule has 0 fully saturated rings. The van der Waals surface area contributed by atoms with Crippen LogP contribution in [-0.4, -0.2) is 72.8 Å². The Morgan fingerprint density at radius 3 is 2.36 bits per heavy atom. The molecule has 1 rings (SSSR count). The monoisotopic (exact) mass is 479 g/mol. The van der Waals surface area contributed by atoms with E-state index < -0.39 is 29.4 Å². The molecule has 33 heavy (non-hydrogen) atoms. The van der Waals surface area contributed by atoms with Crippen molar-refractivity contribution in [2.75, 3.05) is 32.2 Å². The number of rotatable bonds is 16. The number of ketones is 1. The zero-order chi connectivity index (χ0) is 24.9. The van der Waals surface area contributed by atoms with E-state index in [9.17, 15) is 19.2 Å². The standard InChI is InChI=1S/C24H37N3O5S/c1-5-13-24(23(31)32-3,27(14-6-2)20(29)16-25)21(18-10-8-7-9-11-18)22(30)19(26-17-28)12-15-33-4/h7-11,17,19,21H,5-6,12-16,25H2,1-4H3,(H,26,28)/t19-,21?,24-/m0/s1. The van der Waals surface area contributed by atoms with Crippen LogP contribution in [0.5, 0.6) is 0 Å². The van der Waals surface area contributed by atoms with Gasteiger partial charge in [0.2, 0.25) is 12.3 Å². The van der Waals surface area contributed by atoms with Gasteiger partial charge in [-0.2, -0.15) is 11.8 Å². The van der Waals surface area contributed by atoms with E-state index in [4.69, 9.17) is 10.5 Å². The normalized spacial score (nSPS) is 14.5. The maximum atomic E-state index is 14.1. The summed E-state index contributed by atoms with van der Waals surface area (Å²) in [5.74, 6) is -1.86. The molecule has 0 aliphatic rings. The van der Waals surface area contributed by atoms with Gasteiger partial charge in [0, 0.05) is 6.54 Å². The smallest absolute Gasteiger partial charge is 0.332 e. The molecule has 0 aliphatic carbocycles.